The van der Waals surface area contributed by atoms with E-state index in [4.69, 9.17) is 9.84 Å². The molecule has 0 saturated carbocycles. The van der Waals surface area contributed by atoms with Gasteiger partial charge in [-0.1, -0.05) is 0 Å². The van der Waals surface area contributed by atoms with Crippen molar-refractivity contribution in [1.82, 2.24) is 4.98 Å². The Hall–Kier alpha value is -1.94. The fraction of sp³-hybridized carbons (Fsp3) is 0.154. The number of benzene rings is 1. The van der Waals surface area contributed by atoms with Gasteiger partial charge in [-0.3, -0.25) is 4.98 Å². The van der Waals surface area contributed by atoms with Crippen molar-refractivity contribution in [3.05, 3.63) is 53.6 Å². The number of rotatable bonds is 3. The summed E-state index contributed by atoms with van der Waals surface area (Å²) in [5.41, 5.74) is 1.35. The molecule has 2 aromatic rings. The first-order chi connectivity index (χ1) is 8.17. The van der Waals surface area contributed by atoms with E-state index in [0.29, 0.717) is 17.1 Å². The Morgan fingerprint density at radius 2 is 2.06 bits per heavy atom. The summed E-state index contributed by atoms with van der Waals surface area (Å²) >= 11 is 0. The van der Waals surface area contributed by atoms with Gasteiger partial charge in [0.25, 0.3) is 0 Å². The highest BCUT2D eigenvalue weighted by molar-refractivity contribution is 5.33. The molecule has 0 saturated heterocycles. The topological polar surface area (TPSA) is 42.4 Å². The average Bonchev–Trinajstić information content (AvgIpc) is 2.31. The molecule has 0 aliphatic carbocycles. The number of nitrogens with zero attached hydrogens (tertiary/aromatic N) is 1. The van der Waals surface area contributed by atoms with Crippen LogP contribution in [0.3, 0.4) is 0 Å². The number of aryl methyl sites for hydroxylation is 1. The van der Waals surface area contributed by atoms with Gasteiger partial charge in [0.2, 0.25) is 0 Å². The molecule has 0 atom stereocenters. The molecule has 4 heteroatoms. The Morgan fingerprint density at radius 3 is 2.71 bits per heavy atom. The van der Waals surface area contributed by atoms with Gasteiger partial charge in [-0.05, 0) is 36.8 Å². The van der Waals surface area contributed by atoms with E-state index in [1.807, 2.05) is 13.0 Å². The van der Waals surface area contributed by atoms with Gasteiger partial charge in [0.15, 0.2) is 0 Å². The molecule has 17 heavy (non-hydrogen) atoms. The molecular formula is C13H12FNO2. The second kappa shape index (κ2) is 4.93. The van der Waals surface area contributed by atoms with Crippen LogP contribution in [0.25, 0.3) is 0 Å². The maximum atomic E-state index is 13.2. The van der Waals surface area contributed by atoms with E-state index in [-0.39, 0.29) is 6.61 Å². The quantitative estimate of drug-likeness (QED) is 0.886. The highest BCUT2D eigenvalue weighted by Crippen LogP contribution is 2.23. The summed E-state index contributed by atoms with van der Waals surface area (Å²) in [6.45, 7) is 1.65. The van der Waals surface area contributed by atoms with Crippen LogP contribution in [-0.2, 0) is 6.61 Å². The van der Waals surface area contributed by atoms with Gasteiger partial charge < -0.3 is 9.84 Å². The lowest BCUT2D eigenvalue weighted by Gasteiger charge is -2.07. The molecule has 0 fully saturated rings. The molecule has 0 bridgehead atoms. The van der Waals surface area contributed by atoms with Gasteiger partial charge in [-0.2, -0.15) is 0 Å². The third-order valence-electron chi connectivity index (χ3n) is 2.23. The van der Waals surface area contributed by atoms with E-state index < -0.39 is 5.82 Å². The van der Waals surface area contributed by atoms with Crippen LogP contribution in [0.4, 0.5) is 4.39 Å². The first-order valence-electron chi connectivity index (χ1n) is 5.18. The van der Waals surface area contributed by atoms with E-state index in [1.54, 1.807) is 18.3 Å². The van der Waals surface area contributed by atoms with Crippen molar-refractivity contribution in [1.29, 1.82) is 0 Å². The second-order valence-electron chi connectivity index (χ2n) is 3.69. The minimum atomic E-state index is -0.438. The molecule has 0 amide bonds. The van der Waals surface area contributed by atoms with Gasteiger partial charge in [-0.25, -0.2) is 4.39 Å². The zero-order valence-corrected chi connectivity index (χ0v) is 9.35. The zero-order valence-electron chi connectivity index (χ0n) is 9.35. The Bertz CT molecular complexity index is 511. The van der Waals surface area contributed by atoms with Crippen molar-refractivity contribution in [3.63, 3.8) is 0 Å². The van der Waals surface area contributed by atoms with Crippen LogP contribution >= 0.6 is 0 Å². The second-order valence-corrected chi connectivity index (χ2v) is 3.69. The van der Waals surface area contributed by atoms with Crippen LogP contribution in [0, 0.1) is 12.7 Å². The SMILES string of the molecule is Cc1ccc(Oc2cc(F)cc(CO)c2)cn1. The predicted molar refractivity (Wildman–Crippen MR) is 61.4 cm³/mol. The monoisotopic (exact) mass is 233 g/mol. The Balaban J connectivity index is 2.23. The lowest BCUT2D eigenvalue weighted by Crippen LogP contribution is -1.91. The fourth-order valence-electron chi connectivity index (χ4n) is 1.42. The summed E-state index contributed by atoms with van der Waals surface area (Å²) in [4.78, 5) is 4.07. The molecule has 1 aromatic carbocycles. The minimum absolute atomic E-state index is 0.222. The average molecular weight is 233 g/mol. The summed E-state index contributed by atoms with van der Waals surface area (Å²) in [6, 6.07) is 7.68. The number of ether oxygens (including phenoxy) is 1. The van der Waals surface area contributed by atoms with Crippen LogP contribution in [0.15, 0.2) is 36.5 Å². The highest BCUT2D eigenvalue weighted by atomic mass is 19.1. The van der Waals surface area contributed by atoms with Crippen LogP contribution in [0.1, 0.15) is 11.3 Å². The third kappa shape index (κ3) is 3.01. The number of aromatic nitrogens is 1. The van der Waals surface area contributed by atoms with E-state index in [1.165, 1.54) is 12.1 Å². The number of pyridine rings is 1. The first kappa shape index (κ1) is 11.5. The molecule has 1 N–H and O–H groups in total. The number of aliphatic hydroxyl groups excluding tert-OH is 1. The lowest BCUT2D eigenvalue weighted by atomic mass is 10.2. The molecular weight excluding hydrogens is 221 g/mol. The maximum Gasteiger partial charge on any atom is 0.145 e. The molecule has 1 aromatic heterocycles. The summed E-state index contributed by atoms with van der Waals surface area (Å²) < 4.78 is 18.6. The summed E-state index contributed by atoms with van der Waals surface area (Å²) in [5.74, 6) is 0.441. The van der Waals surface area contributed by atoms with Crippen LogP contribution in [0.5, 0.6) is 11.5 Å². The Labute approximate surface area is 98.5 Å². The third-order valence-corrected chi connectivity index (χ3v) is 2.23. The number of halogens is 1. The van der Waals surface area contributed by atoms with Crippen molar-refractivity contribution in [3.8, 4) is 11.5 Å². The van der Waals surface area contributed by atoms with E-state index in [2.05, 4.69) is 4.98 Å². The molecule has 0 aliphatic rings. The van der Waals surface area contributed by atoms with Crippen LogP contribution < -0.4 is 4.74 Å². The number of hydrogen-bond acceptors (Lipinski definition) is 3. The lowest BCUT2D eigenvalue weighted by molar-refractivity contribution is 0.280. The smallest absolute Gasteiger partial charge is 0.145 e. The Kier molecular flexibility index (Phi) is 3.35. The fourth-order valence-corrected chi connectivity index (χ4v) is 1.42. The number of hydrogen-bond donors (Lipinski definition) is 1. The number of aliphatic hydroxyl groups is 1. The van der Waals surface area contributed by atoms with Gasteiger partial charge in [0.1, 0.15) is 17.3 Å². The molecule has 3 nitrogen and oxygen atoms in total. The van der Waals surface area contributed by atoms with Gasteiger partial charge in [-0.15, -0.1) is 0 Å². The summed E-state index contributed by atoms with van der Waals surface area (Å²) in [7, 11) is 0. The van der Waals surface area contributed by atoms with Crippen LogP contribution in [-0.4, -0.2) is 10.1 Å². The highest BCUT2D eigenvalue weighted by Gasteiger charge is 2.03. The van der Waals surface area contributed by atoms with Gasteiger partial charge >= 0.3 is 0 Å². The molecule has 0 radical (unpaired) electrons. The molecule has 2 rings (SSSR count). The summed E-state index contributed by atoms with van der Waals surface area (Å²) in [5, 5.41) is 8.95. The minimum Gasteiger partial charge on any atom is -0.456 e. The van der Waals surface area contributed by atoms with Crippen molar-refractivity contribution < 1.29 is 14.2 Å². The standard InChI is InChI=1S/C13H12FNO2/c1-9-2-3-12(7-15-9)17-13-5-10(8-16)4-11(14)6-13/h2-7,16H,8H2,1H3. The molecule has 88 valence electrons. The van der Waals surface area contributed by atoms with Gasteiger partial charge in [0, 0.05) is 11.8 Å². The van der Waals surface area contributed by atoms with E-state index in [9.17, 15) is 4.39 Å². The molecule has 0 spiro atoms. The van der Waals surface area contributed by atoms with E-state index >= 15 is 0 Å². The maximum absolute atomic E-state index is 13.2. The predicted octanol–water partition coefficient (Wildman–Crippen LogP) is 2.81. The molecule has 0 aliphatic heterocycles. The van der Waals surface area contributed by atoms with Crippen LogP contribution in [0.2, 0.25) is 0 Å². The largest absolute Gasteiger partial charge is 0.456 e. The summed E-state index contributed by atoms with van der Waals surface area (Å²) in [6.07, 6.45) is 1.57. The van der Waals surface area contributed by atoms with Crippen molar-refractivity contribution in [2.24, 2.45) is 0 Å². The van der Waals surface area contributed by atoms with Crippen molar-refractivity contribution >= 4 is 0 Å². The van der Waals surface area contributed by atoms with Gasteiger partial charge in [0.05, 0.1) is 12.8 Å². The molecule has 0 unspecified atom stereocenters. The van der Waals surface area contributed by atoms with Crippen molar-refractivity contribution in [2.45, 2.75) is 13.5 Å². The Morgan fingerprint density at radius 1 is 1.24 bits per heavy atom. The zero-order chi connectivity index (χ0) is 12.3. The van der Waals surface area contributed by atoms with Crippen molar-refractivity contribution in [2.75, 3.05) is 0 Å². The molecule has 1 heterocycles. The van der Waals surface area contributed by atoms with E-state index in [0.717, 1.165) is 5.69 Å². The normalized spacial score (nSPS) is 10.3. The first-order valence-corrected chi connectivity index (χ1v) is 5.18.